The van der Waals surface area contributed by atoms with Crippen LogP contribution in [0, 0.1) is 5.92 Å². The van der Waals surface area contributed by atoms with Crippen molar-refractivity contribution in [2.75, 3.05) is 16.6 Å². The number of hydrogen-bond donors (Lipinski definition) is 4. The van der Waals surface area contributed by atoms with E-state index in [1.165, 1.54) is 42.5 Å². The zero-order valence-corrected chi connectivity index (χ0v) is 19.7. The number of phenolic OH excluding ortho intramolecular Hbond substituents is 1. The van der Waals surface area contributed by atoms with E-state index in [0.29, 0.717) is 11.1 Å². The molecule has 7 nitrogen and oxygen atoms in total. The van der Waals surface area contributed by atoms with Crippen LogP contribution in [-0.4, -0.2) is 26.0 Å². The molecule has 1 amide bonds. The molecule has 4 N–H and O–H groups in total. The number of aromatic hydroxyl groups is 1. The lowest BCUT2D eigenvalue weighted by atomic mass is 10.0. The summed E-state index contributed by atoms with van der Waals surface area (Å²) in [5.41, 5.74) is 0.841. The van der Waals surface area contributed by atoms with Gasteiger partial charge in [0.2, 0.25) is 0 Å². The molecule has 186 valence electrons. The molecule has 0 fully saturated rings. The molecule has 3 aromatic rings. The Labute approximate surface area is 201 Å². The molecule has 35 heavy (non-hydrogen) atoms. The van der Waals surface area contributed by atoms with Crippen molar-refractivity contribution in [3.05, 3.63) is 77.9 Å². The zero-order chi connectivity index (χ0) is 25.8. The van der Waals surface area contributed by atoms with Gasteiger partial charge in [0.05, 0.1) is 11.3 Å². The zero-order valence-electron chi connectivity index (χ0n) is 18.8. The van der Waals surface area contributed by atoms with Crippen LogP contribution in [0.2, 0.25) is 0 Å². The van der Waals surface area contributed by atoms with Gasteiger partial charge in [0.25, 0.3) is 16.1 Å². The Hall–Kier alpha value is -3.57. The topological polar surface area (TPSA) is 108 Å². The highest BCUT2D eigenvalue weighted by Crippen LogP contribution is 2.31. The number of halogens is 3. The van der Waals surface area contributed by atoms with Crippen LogP contribution >= 0.6 is 0 Å². The van der Waals surface area contributed by atoms with Gasteiger partial charge in [0.15, 0.2) is 0 Å². The van der Waals surface area contributed by atoms with Crippen LogP contribution in [0.1, 0.15) is 29.8 Å². The third kappa shape index (κ3) is 7.20. The Morgan fingerprint density at radius 1 is 0.943 bits per heavy atom. The van der Waals surface area contributed by atoms with E-state index in [4.69, 9.17) is 0 Å². The maximum absolute atomic E-state index is 12.7. The molecule has 0 radical (unpaired) electrons. The molecule has 0 spiro atoms. The summed E-state index contributed by atoms with van der Waals surface area (Å²) >= 11 is 0. The molecule has 0 atom stereocenters. The van der Waals surface area contributed by atoms with Crippen LogP contribution in [-0.2, 0) is 16.4 Å². The first kappa shape index (κ1) is 26.0. The largest absolute Gasteiger partial charge is 0.506 e. The lowest BCUT2D eigenvalue weighted by molar-refractivity contribution is -0.137. The van der Waals surface area contributed by atoms with Crippen LogP contribution in [0.3, 0.4) is 0 Å². The van der Waals surface area contributed by atoms with Crippen LogP contribution in [0.25, 0.3) is 11.1 Å². The molecule has 0 aliphatic carbocycles. The molecular formula is C24H24F3N3O4S. The van der Waals surface area contributed by atoms with Gasteiger partial charge in [-0.3, -0.25) is 9.52 Å². The van der Waals surface area contributed by atoms with E-state index in [1.807, 2.05) is 13.8 Å². The second-order valence-electron chi connectivity index (χ2n) is 8.19. The van der Waals surface area contributed by atoms with Crippen LogP contribution in [0.15, 0.2) is 66.7 Å². The van der Waals surface area contributed by atoms with Crippen LogP contribution in [0.4, 0.5) is 24.5 Å². The Morgan fingerprint density at radius 3 is 2.06 bits per heavy atom. The number of nitrogens with one attached hydrogen (secondary N) is 3. The average Bonchev–Trinajstić information content (AvgIpc) is 2.79. The van der Waals surface area contributed by atoms with Crippen molar-refractivity contribution >= 4 is 27.5 Å². The quantitative estimate of drug-likeness (QED) is 0.247. The summed E-state index contributed by atoms with van der Waals surface area (Å²) in [4.78, 5) is 12.6. The van der Waals surface area contributed by atoms with Gasteiger partial charge in [-0.05, 0) is 59.5 Å². The van der Waals surface area contributed by atoms with E-state index >= 15 is 0 Å². The minimum absolute atomic E-state index is 0.0800. The Bertz CT molecular complexity index is 1290. The number of carbonyl (C=O) groups excluding carboxylic acids is 1. The molecule has 0 saturated carbocycles. The van der Waals surface area contributed by atoms with E-state index in [-0.39, 0.29) is 35.2 Å². The SMILES string of the molecule is CC(C)CNS(=O)(=O)Nc1cc(NC(=O)c2ccc(-c3ccc(C(F)(F)F)cc3)cc2)ccc1O. The van der Waals surface area contributed by atoms with Gasteiger partial charge < -0.3 is 10.4 Å². The smallest absolute Gasteiger partial charge is 0.416 e. The fourth-order valence-corrected chi connectivity index (χ4v) is 4.10. The summed E-state index contributed by atoms with van der Waals surface area (Å²) < 4.78 is 67.1. The summed E-state index contributed by atoms with van der Waals surface area (Å²) in [5.74, 6) is -0.739. The van der Waals surface area contributed by atoms with Crippen molar-refractivity contribution in [3.63, 3.8) is 0 Å². The number of hydrogen-bond acceptors (Lipinski definition) is 4. The van der Waals surface area contributed by atoms with E-state index in [2.05, 4.69) is 14.8 Å². The highest BCUT2D eigenvalue weighted by Gasteiger charge is 2.30. The first-order valence-electron chi connectivity index (χ1n) is 10.5. The fourth-order valence-electron chi connectivity index (χ4n) is 3.02. The van der Waals surface area contributed by atoms with Gasteiger partial charge in [0.1, 0.15) is 5.75 Å². The second-order valence-corrected chi connectivity index (χ2v) is 9.69. The number of carbonyl (C=O) groups is 1. The highest BCUT2D eigenvalue weighted by molar-refractivity contribution is 7.90. The predicted octanol–water partition coefficient (Wildman–Crippen LogP) is 5.23. The summed E-state index contributed by atoms with van der Waals surface area (Å²) in [6.45, 7) is 3.88. The van der Waals surface area contributed by atoms with Gasteiger partial charge >= 0.3 is 6.18 Å². The average molecular weight is 508 g/mol. The first-order chi connectivity index (χ1) is 16.3. The normalized spacial score (nSPS) is 11.9. The molecule has 0 aliphatic rings. The minimum Gasteiger partial charge on any atom is -0.506 e. The third-order valence-corrected chi connectivity index (χ3v) is 5.91. The molecule has 0 bridgehead atoms. The van der Waals surface area contributed by atoms with E-state index in [1.54, 1.807) is 12.1 Å². The fraction of sp³-hybridized carbons (Fsp3) is 0.208. The van der Waals surface area contributed by atoms with E-state index in [0.717, 1.165) is 12.1 Å². The molecule has 0 aliphatic heterocycles. The number of amides is 1. The Balaban J connectivity index is 1.70. The van der Waals surface area contributed by atoms with Gasteiger partial charge in [-0.15, -0.1) is 0 Å². The minimum atomic E-state index is -4.42. The molecule has 3 aromatic carbocycles. The van der Waals surface area contributed by atoms with Crippen molar-refractivity contribution in [2.24, 2.45) is 5.92 Å². The maximum Gasteiger partial charge on any atom is 0.416 e. The number of anilines is 2. The van der Waals surface area contributed by atoms with Gasteiger partial charge in [-0.25, -0.2) is 0 Å². The molecule has 3 rings (SSSR count). The highest BCUT2D eigenvalue weighted by atomic mass is 32.2. The van der Waals surface area contributed by atoms with Gasteiger partial charge in [-0.2, -0.15) is 26.3 Å². The van der Waals surface area contributed by atoms with Crippen LogP contribution in [0.5, 0.6) is 5.75 Å². The Morgan fingerprint density at radius 2 is 1.51 bits per heavy atom. The van der Waals surface area contributed by atoms with Crippen molar-refractivity contribution in [3.8, 4) is 16.9 Å². The molecule has 11 heteroatoms. The lowest BCUT2D eigenvalue weighted by Crippen LogP contribution is -2.32. The van der Waals surface area contributed by atoms with Crippen molar-refractivity contribution < 1.29 is 31.5 Å². The monoisotopic (exact) mass is 507 g/mol. The summed E-state index contributed by atoms with van der Waals surface area (Å²) in [7, 11) is -3.93. The molecule has 0 heterocycles. The Kier molecular flexibility index (Phi) is 7.71. The number of benzene rings is 3. The maximum atomic E-state index is 12.7. The summed E-state index contributed by atoms with van der Waals surface area (Å²) in [6.07, 6.45) is -4.42. The van der Waals surface area contributed by atoms with Gasteiger partial charge in [-0.1, -0.05) is 38.1 Å². The number of phenols is 1. The van der Waals surface area contributed by atoms with Crippen molar-refractivity contribution in [2.45, 2.75) is 20.0 Å². The van der Waals surface area contributed by atoms with Crippen molar-refractivity contribution in [1.82, 2.24) is 4.72 Å². The molecule has 0 saturated heterocycles. The van der Waals surface area contributed by atoms with E-state index in [9.17, 15) is 31.5 Å². The number of alkyl halides is 3. The predicted molar refractivity (Wildman–Crippen MR) is 128 cm³/mol. The third-order valence-electron chi connectivity index (χ3n) is 4.87. The van der Waals surface area contributed by atoms with Crippen molar-refractivity contribution in [1.29, 1.82) is 0 Å². The molecular weight excluding hydrogens is 483 g/mol. The van der Waals surface area contributed by atoms with Gasteiger partial charge in [0, 0.05) is 17.8 Å². The molecule has 0 aromatic heterocycles. The lowest BCUT2D eigenvalue weighted by Gasteiger charge is -2.13. The molecule has 0 unspecified atom stereocenters. The number of rotatable bonds is 8. The second kappa shape index (κ2) is 10.4. The summed E-state index contributed by atoms with van der Waals surface area (Å²) in [6, 6.07) is 14.9. The van der Waals surface area contributed by atoms with E-state index < -0.39 is 27.9 Å². The van der Waals surface area contributed by atoms with Crippen LogP contribution < -0.4 is 14.8 Å². The standard InChI is InChI=1S/C24H24F3N3O4S/c1-15(2)14-28-35(33,34)30-21-13-20(11-12-22(21)31)29-23(32)18-5-3-16(4-6-18)17-7-9-19(10-8-17)24(25,26)27/h3-13,15,28,30-31H,14H2,1-2H3,(H,29,32). The first-order valence-corrected chi connectivity index (χ1v) is 12.0. The summed E-state index contributed by atoms with van der Waals surface area (Å²) in [5, 5.41) is 12.6.